The minimum Gasteiger partial charge on any atom is -0.593 e. The molecule has 0 radical (unpaired) electrons. The van der Waals surface area contributed by atoms with Crippen LogP contribution >= 0.6 is 11.6 Å². The average Bonchev–Trinajstić information content (AvgIpc) is 3.09. The zero-order valence-electron chi connectivity index (χ0n) is 18.6. The van der Waals surface area contributed by atoms with Crippen LogP contribution in [0, 0.1) is 20.8 Å². The highest BCUT2D eigenvalue weighted by molar-refractivity contribution is 7.95. The van der Waals surface area contributed by atoms with E-state index in [2.05, 4.69) is 45.1 Å². The summed E-state index contributed by atoms with van der Waals surface area (Å²) in [6.07, 6.45) is 1.74. The van der Waals surface area contributed by atoms with Gasteiger partial charge in [0.25, 0.3) is 0 Å². The Hall–Kier alpha value is -2.03. The first-order valence-electron chi connectivity index (χ1n) is 10.8. The maximum absolute atomic E-state index is 12.9. The maximum Gasteiger partial charge on any atom is 0.240 e. The topological polar surface area (TPSA) is 81.4 Å². The SMILES string of the molecule is Cc1ccc(-c2cccc(CN3CCCC(N[S+](=O)([O-])c4c(C)noc4C)C3)c2)cc1Cl. The molecule has 0 amide bonds. The summed E-state index contributed by atoms with van der Waals surface area (Å²) >= 11 is 6.31. The number of sulfonamides is 1. The number of nitrogens with zero attached hydrogens (tertiary/aromatic N) is 2. The van der Waals surface area contributed by atoms with Crippen LogP contribution in [-0.2, 0) is 21.2 Å². The molecule has 1 fully saturated rings. The van der Waals surface area contributed by atoms with E-state index in [1.165, 1.54) is 5.56 Å². The van der Waals surface area contributed by atoms with Gasteiger partial charge in [-0.1, -0.05) is 51.3 Å². The lowest BCUT2D eigenvalue weighted by atomic mass is 10.0. The Labute approximate surface area is 195 Å². The average molecular weight is 474 g/mol. The van der Waals surface area contributed by atoms with Crippen molar-refractivity contribution < 1.29 is 13.3 Å². The van der Waals surface area contributed by atoms with Crippen molar-refractivity contribution in [3.8, 4) is 11.1 Å². The quantitative estimate of drug-likeness (QED) is 0.505. The molecule has 2 unspecified atom stereocenters. The maximum atomic E-state index is 12.9. The molecule has 6 nitrogen and oxygen atoms in total. The lowest BCUT2D eigenvalue weighted by molar-refractivity contribution is 0.193. The van der Waals surface area contributed by atoms with E-state index in [0.29, 0.717) is 18.0 Å². The third-order valence-corrected chi connectivity index (χ3v) is 8.07. The number of piperidine rings is 1. The normalized spacial score (nSPS) is 19.1. The Balaban J connectivity index is 1.44. The molecule has 32 heavy (non-hydrogen) atoms. The molecule has 1 aromatic heterocycles. The summed E-state index contributed by atoms with van der Waals surface area (Å²) in [5.41, 5.74) is 4.84. The second kappa shape index (κ2) is 9.45. The van der Waals surface area contributed by atoms with Crippen LogP contribution < -0.4 is 4.72 Å². The Morgan fingerprint density at radius 1 is 1.22 bits per heavy atom. The molecule has 1 saturated heterocycles. The van der Waals surface area contributed by atoms with Crippen molar-refractivity contribution in [1.29, 1.82) is 0 Å². The van der Waals surface area contributed by atoms with E-state index in [4.69, 9.17) is 16.1 Å². The standard InChI is InChI=1S/C24H28ClN3O3S/c1-16-9-10-21(13-23(16)25)20-7-4-6-19(12-20)14-28-11-5-8-22(15-28)27-32(29,30)24-17(2)26-31-18(24)3/h4,6-7,9-10,12-13,22H,5,8,11,14-15H2,1-3H3,(H-,27,29,30). The molecule has 0 bridgehead atoms. The van der Waals surface area contributed by atoms with E-state index in [9.17, 15) is 8.76 Å². The van der Waals surface area contributed by atoms with Crippen molar-refractivity contribution >= 4 is 22.0 Å². The molecule has 1 N–H and O–H groups in total. The zero-order chi connectivity index (χ0) is 22.9. The van der Waals surface area contributed by atoms with Crippen LogP contribution in [0.25, 0.3) is 11.1 Å². The summed E-state index contributed by atoms with van der Waals surface area (Å²) in [7, 11) is -3.67. The lowest BCUT2D eigenvalue weighted by Crippen LogP contribution is -2.49. The summed E-state index contributed by atoms with van der Waals surface area (Å²) < 4.78 is 33.7. The highest BCUT2D eigenvalue weighted by Gasteiger charge is 2.34. The van der Waals surface area contributed by atoms with E-state index >= 15 is 0 Å². The third kappa shape index (κ3) is 5.13. The number of likely N-dealkylation sites (tertiary alicyclic amines) is 1. The van der Waals surface area contributed by atoms with Crippen molar-refractivity contribution in [3.05, 3.63) is 70.1 Å². The van der Waals surface area contributed by atoms with Crippen molar-refractivity contribution in [2.75, 3.05) is 13.1 Å². The minimum atomic E-state index is -3.67. The van der Waals surface area contributed by atoms with Gasteiger partial charge in [-0.3, -0.25) is 4.90 Å². The number of rotatable bonds is 6. The van der Waals surface area contributed by atoms with Crippen LogP contribution in [0.5, 0.6) is 0 Å². The molecule has 4 rings (SSSR count). The molecule has 1 aliphatic rings. The number of nitrogens with one attached hydrogen (secondary N) is 1. The van der Waals surface area contributed by atoms with Gasteiger partial charge in [0.2, 0.25) is 4.90 Å². The van der Waals surface area contributed by atoms with Gasteiger partial charge in [0.15, 0.2) is 16.2 Å². The number of hydrogen-bond acceptors (Lipinski definition) is 5. The summed E-state index contributed by atoms with van der Waals surface area (Å²) in [6, 6.07) is 14.4. The number of aromatic nitrogens is 1. The molecule has 2 aromatic carbocycles. The first-order valence-corrected chi connectivity index (χ1v) is 12.6. The fourth-order valence-corrected chi connectivity index (χ4v) is 6.08. The summed E-state index contributed by atoms with van der Waals surface area (Å²) in [5, 5.41) is 4.54. The molecule has 2 heterocycles. The van der Waals surface area contributed by atoms with Crippen LogP contribution in [-0.4, -0.2) is 33.7 Å². The Morgan fingerprint density at radius 2 is 2.00 bits per heavy atom. The Morgan fingerprint density at radius 3 is 2.72 bits per heavy atom. The third-order valence-electron chi connectivity index (χ3n) is 5.90. The van der Waals surface area contributed by atoms with E-state index in [1.54, 1.807) is 13.8 Å². The van der Waals surface area contributed by atoms with Crippen LogP contribution in [0.4, 0.5) is 0 Å². The van der Waals surface area contributed by atoms with Gasteiger partial charge in [-0.25, -0.2) is 0 Å². The van der Waals surface area contributed by atoms with E-state index in [1.807, 2.05) is 19.1 Å². The van der Waals surface area contributed by atoms with Crippen LogP contribution in [0.1, 0.15) is 35.4 Å². The molecular weight excluding hydrogens is 446 g/mol. The van der Waals surface area contributed by atoms with Crippen LogP contribution in [0.3, 0.4) is 0 Å². The van der Waals surface area contributed by atoms with E-state index in [0.717, 1.165) is 47.6 Å². The molecule has 8 heteroatoms. The van der Waals surface area contributed by atoms with Gasteiger partial charge in [-0.15, -0.1) is 4.72 Å². The Bertz CT molecular complexity index is 1140. The predicted octanol–water partition coefficient (Wildman–Crippen LogP) is 5.08. The number of halogens is 1. The fraction of sp³-hybridized carbons (Fsp3) is 0.375. The van der Waals surface area contributed by atoms with Gasteiger partial charge in [-0.05, 0) is 67.6 Å². The molecule has 0 spiro atoms. The highest BCUT2D eigenvalue weighted by atomic mass is 35.5. The monoisotopic (exact) mass is 473 g/mol. The minimum absolute atomic E-state index is 0.151. The summed E-state index contributed by atoms with van der Waals surface area (Å²) in [5.74, 6) is 0.315. The van der Waals surface area contributed by atoms with Gasteiger partial charge in [-0.2, -0.15) is 0 Å². The van der Waals surface area contributed by atoms with Gasteiger partial charge < -0.3 is 9.08 Å². The van der Waals surface area contributed by atoms with Crippen molar-refractivity contribution in [3.63, 3.8) is 0 Å². The van der Waals surface area contributed by atoms with E-state index < -0.39 is 10.4 Å². The molecule has 2 atom stereocenters. The first kappa shape index (κ1) is 23.1. The van der Waals surface area contributed by atoms with Gasteiger partial charge in [0.1, 0.15) is 5.69 Å². The van der Waals surface area contributed by atoms with Crippen LogP contribution in [0.2, 0.25) is 5.02 Å². The second-order valence-electron chi connectivity index (χ2n) is 8.51. The van der Waals surface area contributed by atoms with Gasteiger partial charge in [0, 0.05) is 25.0 Å². The van der Waals surface area contributed by atoms with E-state index in [-0.39, 0.29) is 10.9 Å². The summed E-state index contributed by atoms with van der Waals surface area (Å²) in [4.78, 5) is 2.45. The Kier molecular flexibility index (Phi) is 6.83. The molecule has 3 aromatic rings. The largest absolute Gasteiger partial charge is 0.593 e. The van der Waals surface area contributed by atoms with Crippen molar-refractivity contribution in [1.82, 2.24) is 14.8 Å². The zero-order valence-corrected chi connectivity index (χ0v) is 20.1. The molecular formula is C24H28ClN3O3S. The number of benzene rings is 2. The number of aryl methyl sites for hydroxylation is 3. The van der Waals surface area contributed by atoms with Crippen LogP contribution in [0.15, 0.2) is 51.9 Å². The molecule has 1 aliphatic heterocycles. The molecule has 0 saturated carbocycles. The first-order chi connectivity index (χ1) is 15.2. The predicted molar refractivity (Wildman–Crippen MR) is 126 cm³/mol. The lowest BCUT2D eigenvalue weighted by Gasteiger charge is -2.33. The molecule has 170 valence electrons. The molecule has 0 aliphatic carbocycles. The van der Waals surface area contributed by atoms with Crippen molar-refractivity contribution in [2.24, 2.45) is 0 Å². The summed E-state index contributed by atoms with van der Waals surface area (Å²) in [6.45, 7) is 7.61. The fourth-order valence-electron chi connectivity index (χ4n) is 4.31. The number of hydrogen-bond donors (Lipinski definition) is 1. The smallest absolute Gasteiger partial charge is 0.240 e. The second-order valence-corrected chi connectivity index (χ2v) is 10.6. The highest BCUT2D eigenvalue weighted by Crippen LogP contribution is 2.27. The van der Waals surface area contributed by atoms with Crippen molar-refractivity contribution in [2.45, 2.75) is 51.1 Å². The van der Waals surface area contributed by atoms with Gasteiger partial charge in [0.05, 0.1) is 6.04 Å². The van der Waals surface area contributed by atoms with Gasteiger partial charge >= 0.3 is 0 Å².